The monoisotopic (exact) mass is 341 g/mol. The lowest BCUT2D eigenvalue weighted by Gasteiger charge is -2.33. The molecule has 0 spiro atoms. The van der Waals surface area contributed by atoms with Crippen molar-refractivity contribution in [3.8, 4) is 0 Å². The Bertz CT molecular complexity index is 670. The van der Waals surface area contributed by atoms with Crippen molar-refractivity contribution in [2.75, 3.05) is 31.9 Å². The maximum Gasteiger partial charge on any atom is 0.277 e. The highest BCUT2D eigenvalue weighted by Crippen LogP contribution is 2.29. The van der Waals surface area contributed by atoms with Gasteiger partial charge in [-0.15, -0.1) is 23.2 Å². The Balaban J connectivity index is 2.47. The van der Waals surface area contributed by atoms with E-state index >= 15 is 0 Å². The number of benzene rings is 2. The van der Waals surface area contributed by atoms with Gasteiger partial charge in [0.15, 0.2) is 0 Å². The molecule has 2 aromatic carbocycles. The van der Waals surface area contributed by atoms with Gasteiger partial charge in [0.05, 0.1) is 42.2 Å². The molecule has 0 amide bonds. The summed E-state index contributed by atoms with van der Waals surface area (Å²) in [6, 6.07) is 10.9. The molecule has 0 aromatic heterocycles. The van der Waals surface area contributed by atoms with E-state index in [0.717, 1.165) is 35.1 Å². The lowest BCUT2D eigenvalue weighted by Crippen LogP contribution is -2.46. The van der Waals surface area contributed by atoms with Gasteiger partial charge in [0.2, 0.25) is 0 Å². The Hall–Kier alpha value is -1.36. The van der Waals surface area contributed by atoms with Gasteiger partial charge in [0.25, 0.3) is 5.69 Å². The van der Waals surface area contributed by atoms with Crippen molar-refractivity contribution >= 4 is 39.7 Å². The summed E-state index contributed by atoms with van der Waals surface area (Å²) in [6.45, 7) is 2.36. The molecule has 0 radical (unpaired) electrons. The van der Waals surface area contributed by atoms with E-state index in [0.29, 0.717) is 17.1 Å². The number of non-ortho nitro benzene ring substituents is 1. The first-order valence-electron chi connectivity index (χ1n) is 7.11. The highest BCUT2D eigenvalue weighted by molar-refractivity contribution is 6.18. The minimum atomic E-state index is -0.336. The van der Waals surface area contributed by atoms with Crippen LogP contribution in [0.5, 0.6) is 0 Å². The summed E-state index contributed by atoms with van der Waals surface area (Å²) in [5, 5.41) is 12.8. The average molecular weight is 342 g/mol. The van der Waals surface area contributed by atoms with Crippen LogP contribution in [0, 0.1) is 10.1 Å². The Morgan fingerprint density at radius 1 is 1.05 bits per heavy atom. The van der Waals surface area contributed by atoms with E-state index in [1.54, 1.807) is 12.1 Å². The molecule has 0 saturated carbocycles. The second kappa shape index (κ2) is 7.27. The number of hydrogen-bond donors (Lipinski definition) is 0. The smallest absolute Gasteiger partial charge is 0.277 e. The van der Waals surface area contributed by atoms with Crippen molar-refractivity contribution in [1.82, 2.24) is 0 Å². The van der Waals surface area contributed by atoms with Crippen LogP contribution in [0.3, 0.4) is 0 Å². The second-order valence-corrected chi connectivity index (χ2v) is 6.41. The van der Waals surface area contributed by atoms with Gasteiger partial charge in [0, 0.05) is 11.6 Å². The van der Waals surface area contributed by atoms with E-state index in [1.165, 1.54) is 6.07 Å². The normalized spacial score (nSPS) is 11.8. The molecule has 0 bridgehead atoms. The second-order valence-electron chi connectivity index (χ2n) is 5.65. The zero-order valence-corrected chi connectivity index (χ0v) is 14.0. The number of nitro benzene ring substituents is 1. The van der Waals surface area contributed by atoms with Crippen LogP contribution < -0.4 is 0 Å². The summed E-state index contributed by atoms with van der Waals surface area (Å²) in [6.07, 6.45) is 0. The fourth-order valence-electron chi connectivity index (χ4n) is 2.74. The number of nitro groups is 1. The first-order valence-corrected chi connectivity index (χ1v) is 8.18. The van der Waals surface area contributed by atoms with Crippen LogP contribution in [0.2, 0.25) is 0 Å². The number of rotatable bonds is 7. The van der Waals surface area contributed by atoms with Crippen LogP contribution in [0.1, 0.15) is 5.56 Å². The van der Waals surface area contributed by atoms with Gasteiger partial charge in [-0.2, -0.15) is 0 Å². The highest BCUT2D eigenvalue weighted by Gasteiger charge is 2.23. The standard InChI is InChI=1S/C16H19Cl2N2O2/c1-20(10-8-17,11-9-18)12-13-4-2-6-15-14(13)5-3-7-16(15)19(21)22/h2-7H,8-12H2,1H3/q+1. The number of nitrogens with zero attached hydrogens (tertiary/aromatic N) is 2. The average Bonchev–Trinajstić information content (AvgIpc) is 2.47. The predicted molar refractivity (Wildman–Crippen MR) is 91.7 cm³/mol. The fraction of sp³-hybridized carbons (Fsp3) is 0.375. The van der Waals surface area contributed by atoms with Crippen molar-refractivity contribution in [3.05, 3.63) is 52.1 Å². The van der Waals surface area contributed by atoms with Gasteiger partial charge in [-0.05, 0) is 11.5 Å². The predicted octanol–water partition coefficient (Wildman–Crippen LogP) is 4.17. The van der Waals surface area contributed by atoms with Crippen LogP contribution >= 0.6 is 23.2 Å². The molecule has 2 rings (SSSR count). The first-order chi connectivity index (χ1) is 10.5. The molecule has 0 heterocycles. The molecule has 0 saturated heterocycles. The van der Waals surface area contributed by atoms with Gasteiger partial charge < -0.3 is 4.48 Å². The number of quaternary nitrogens is 1. The summed E-state index contributed by atoms with van der Waals surface area (Å²) in [7, 11) is 2.11. The van der Waals surface area contributed by atoms with Crippen LogP contribution in [-0.2, 0) is 6.54 Å². The van der Waals surface area contributed by atoms with E-state index in [-0.39, 0.29) is 10.6 Å². The molecule has 6 heteroatoms. The maximum atomic E-state index is 11.2. The summed E-state index contributed by atoms with van der Waals surface area (Å²) in [5.74, 6) is 1.11. The molecule has 0 N–H and O–H groups in total. The van der Waals surface area contributed by atoms with E-state index in [9.17, 15) is 10.1 Å². The van der Waals surface area contributed by atoms with Gasteiger partial charge in [-0.25, -0.2) is 0 Å². The minimum absolute atomic E-state index is 0.142. The molecule has 0 atom stereocenters. The van der Waals surface area contributed by atoms with Crippen LogP contribution in [0.15, 0.2) is 36.4 Å². The molecule has 0 aliphatic heterocycles. The van der Waals surface area contributed by atoms with Gasteiger partial charge >= 0.3 is 0 Å². The SMILES string of the molecule is C[N+](CCCl)(CCCl)Cc1cccc2c([N+](=O)[O-])cccc12. The number of alkyl halides is 2. The van der Waals surface area contributed by atoms with E-state index < -0.39 is 0 Å². The number of fused-ring (bicyclic) bond motifs is 1. The Morgan fingerprint density at radius 2 is 1.64 bits per heavy atom. The summed E-state index contributed by atoms with van der Waals surface area (Å²) in [5.41, 5.74) is 1.22. The van der Waals surface area contributed by atoms with E-state index in [2.05, 4.69) is 7.05 Å². The molecule has 2 aromatic rings. The van der Waals surface area contributed by atoms with Crippen LogP contribution in [-0.4, -0.2) is 41.3 Å². The molecule has 0 aliphatic carbocycles. The topological polar surface area (TPSA) is 43.1 Å². The third-order valence-corrected chi connectivity index (χ3v) is 4.32. The molecule has 118 valence electrons. The molecule has 0 fully saturated rings. The molecule has 22 heavy (non-hydrogen) atoms. The zero-order chi connectivity index (χ0) is 16.2. The minimum Gasteiger partial charge on any atom is -0.320 e. The van der Waals surface area contributed by atoms with Gasteiger partial charge in [-0.3, -0.25) is 10.1 Å². The molecular weight excluding hydrogens is 323 g/mol. The third-order valence-electron chi connectivity index (χ3n) is 3.99. The van der Waals surface area contributed by atoms with Crippen molar-refractivity contribution in [2.24, 2.45) is 0 Å². The van der Waals surface area contributed by atoms with Crippen LogP contribution in [0.4, 0.5) is 5.69 Å². The Kier molecular flexibility index (Phi) is 5.62. The van der Waals surface area contributed by atoms with Crippen molar-refractivity contribution in [3.63, 3.8) is 0 Å². The quantitative estimate of drug-likeness (QED) is 0.328. The van der Waals surface area contributed by atoms with Crippen LogP contribution in [0.25, 0.3) is 10.8 Å². The van der Waals surface area contributed by atoms with Crippen molar-refractivity contribution in [1.29, 1.82) is 0 Å². The van der Waals surface area contributed by atoms with Crippen molar-refractivity contribution in [2.45, 2.75) is 6.54 Å². The van der Waals surface area contributed by atoms with E-state index in [1.807, 2.05) is 18.2 Å². The number of hydrogen-bond acceptors (Lipinski definition) is 2. The first kappa shape index (κ1) is 17.0. The Labute approximate surface area is 140 Å². The molecule has 0 aliphatic rings. The fourth-order valence-corrected chi connectivity index (χ4v) is 3.56. The Morgan fingerprint density at radius 3 is 2.23 bits per heavy atom. The van der Waals surface area contributed by atoms with E-state index in [4.69, 9.17) is 23.2 Å². The number of halogens is 2. The summed E-state index contributed by atoms with van der Waals surface area (Å²) < 4.78 is 0.717. The maximum absolute atomic E-state index is 11.2. The summed E-state index contributed by atoms with van der Waals surface area (Å²) >= 11 is 11.8. The highest BCUT2D eigenvalue weighted by atomic mass is 35.5. The largest absolute Gasteiger partial charge is 0.320 e. The van der Waals surface area contributed by atoms with Crippen molar-refractivity contribution < 1.29 is 9.41 Å². The van der Waals surface area contributed by atoms with Gasteiger partial charge in [-0.1, -0.05) is 24.3 Å². The molecule has 0 unspecified atom stereocenters. The lowest BCUT2D eigenvalue weighted by atomic mass is 10.0. The third kappa shape index (κ3) is 3.69. The summed E-state index contributed by atoms with van der Waals surface area (Å²) in [4.78, 5) is 10.8. The van der Waals surface area contributed by atoms with Gasteiger partial charge in [0.1, 0.15) is 6.54 Å². The zero-order valence-electron chi connectivity index (χ0n) is 12.5. The molecular formula is C16H19Cl2N2O2+. The molecule has 4 nitrogen and oxygen atoms in total. The lowest BCUT2D eigenvalue weighted by molar-refractivity contribution is -0.918.